The number of rotatable bonds is 5. The van der Waals surface area contributed by atoms with Crippen molar-refractivity contribution in [2.24, 2.45) is 0 Å². The molecule has 112 valence electrons. The van der Waals surface area contributed by atoms with Gasteiger partial charge >= 0.3 is 0 Å². The first-order chi connectivity index (χ1) is 10.8. The normalized spacial score (nSPS) is 10.5. The van der Waals surface area contributed by atoms with Gasteiger partial charge in [0.2, 0.25) is 0 Å². The maximum Gasteiger partial charge on any atom is 0.165 e. The van der Waals surface area contributed by atoms with Gasteiger partial charge in [0.05, 0.1) is 0 Å². The highest BCUT2D eigenvalue weighted by molar-refractivity contribution is 5.95. The summed E-state index contributed by atoms with van der Waals surface area (Å²) >= 11 is 0. The second-order valence-electron chi connectivity index (χ2n) is 4.80. The topological polar surface area (TPSA) is 58.9 Å². The largest absolute Gasteiger partial charge is 0.507 e. The van der Waals surface area contributed by atoms with Crippen molar-refractivity contribution in [2.75, 3.05) is 13.2 Å². The van der Waals surface area contributed by atoms with Gasteiger partial charge in [0.15, 0.2) is 11.5 Å². The molecular formula is C18H16O4. The lowest BCUT2D eigenvalue weighted by Gasteiger charge is -2.12. The molecule has 0 bridgehead atoms. The molecule has 3 aromatic rings. The number of aromatic hydroxyl groups is 2. The van der Waals surface area contributed by atoms with Crippen molar-refractivity contribution in [3.05, 3.63) is 60.7 Å². The second kappa shape index (κ2) is 6.26. The predicted octanol–water partition coefficient (Wildman–Crippen LogP) is 3.71. The van der Waals surface area contributed by atoms with Crippen molar-refractivity contribution < 1.29 is 19.7 Å². The third-order valence-corrected chi connectivity index (χ3v) is 3.31. The highest BCUT2D eigenvalue weighted by atomic mass is 16.5. The first-order valence-electron chi connectivity index (χ1n) is 7.00. The third kappa shape index (κ3) is 2.91. The summed E-state index contributed by atoms with van der Waals surface area (Å²) in [4.78, 5) is 0. The van der Waals surface area contributed by atoms with Gasteiger partial charge in [-0.25, -0.2) is 0 Å². The van der Waals surface area contributed by atoms with Crippen LogP contribution in [0.3, 0.4) is 0 Å². The fraction of sp³-hybridized carbons (Fsp3) is 0.111. The van der Waals surface area contributed by atoms with Crippen LogP contribution in [0.5, 0.6) is 23.0 Å². The quantitative estimate of drug-likeness (QED) is 0.556. The molecule has 3 rings (SSSR count). The van der Waals surface area contributed by atoms with Gasteiger partial charge in [0.1, 0.15) is 24.7 Å². The van der Waals surface area contributed by atoms with Gasteiger partial charge in [-0.3, -0.25) is 0 Å². The van der Waals surface area contributed by atoms with Crippen LogP contribution in [-0.4, -0.2) is 23.4 Å². The van der Waals surface area contributed by atoms with Crippen LogP contribution in [0.1, 0.15) is 0 Å². The van der Waals surface area contributed by atoms with Gasteiger partial charge in [-0.15, -0.1) is 0 Å². The van der Waals surface area contributed by atoms with Crippen molar-refractivity contribution >= 4 is 10.8 Å². The van der Waals surface area contributed by atoms with Crippen LogP contribution in [0.4, 0.5) is 0 Å². The van der Waals surface area contributed by atoms with Crippen LogP contribution in [0.15, 0.2) is 60.7 Å². The highest BCUT2D eigenvalue weighted by Crippen LogP contribution is 2.39. The van der Waals surface area contributed by atoms with E-state index < -0.39 is 0 Å². The molecule has 0 unspecified atom stereocenters. The standard InChI is InChI=1S/C18H16O4/c19-16-12-17(18(20)15-9-5-4-8-14(15)16)22-11-10-21-13-6-2-1-3-7-13/h1-9,12,19-20H,10-11H2. The maximum absolute atomic E-state index is 10.2. The Labute approximate surface area is 128 Å². The lowest BCUT2D eigenvalue weighted by Crippen LogP contribution is -2.09. The highest BCUT2D eigenvalue weighted by Gasteiger charge is 2.11. The van der Waals surface area contributed by atoms with Crippen LogP contribution in [0, 0.1) is 0 Å². The van der Waals surface area contributed by atoms with Crippen LogP contribution >= 0.6 is 0 Å². The fourth-order valence-corrected chi connectivity index (χ4v) is 2.25. The second-order valence-corrected chi connectivity index (χ2v) is 4.80. The lowest BCUT2D eigenvalue weighted by atomic mass is 10.1. The Bertz CT molecular complexity index is 769. The zero-order valence-corrected chi connectivity index (χ0v) is 11.9. The van der Waals surface area contributed by atoms with Crippen LogP contribution in [-0.2, 0) is 0 Å². The van der Waals surface area contributed by atoms with Crippen LogP contribution in [0.2, 0.25) is 0 Å². The summed E-state index contributed by atoms with van der Waals surface area (Å²) in [5.41, 5.74) is 0. The van der Waals surface area contributed by atoms with E-state index in [1.54, 1.807) is 24.3 Å². The Morgan fingerprint density at radius 3 is 2.14 bits per heavy atom. The molecule has 0 aliphatic heterocycles. The fourth-order valence-electron chi connectivity index (χ4n) is 2.25. The number of phenols is 2. The smallest absolute Gasteiger partial charge is 0.165 e. The van der Waals surface area contributed by atoms with Gasteiger partial charge in [0.25, 0.3) is 0 Å². The molecule has 0 spiro atoms. The number of phenolic OH excluding ortho intramolecular Hbond substituents is 2. The molecule has 22 heavy (non-hydrogen) atoms. The average Bonchev–Trinajstić information content (AvgIpc) is 2.57. The van der Waals surface area contributed by atoms with Gasteiger partial charge in [0, 0.05) is 16.8 Å². The summed E-state index contributed by atoms with van der Waals surface area (Å²) in [7, 11) is 0. The molecule has 0 radical (unpaired) electrons. The first-order valence-corrected chi connectivity index (χ1v) is 7.00. The lowest BCUT2D eigenvalue weighted by molar-refractivity contribution is 0.212. The predicted molar refractivity (Wildman–Crippen MR) is 84.7 cm³/mol. The van der Waals surface area contributed by atoms with Crippen molar-refractivity contribution in [3.63, 3.8) is 0 Å². The first kappa shape index (κ1) is 14.1. The molecule has 4 nitrogen and oxygen atoms in total. The molecule has 0 aromatic heterocycles. The molecule has 0 aliphatic rings. The molecule has 0 atom stereocenters. The minimum Gasteiger partial charge on any atom is -0.507 e. The molecule has 0 heterocycles. The van der Waals surface area contributed by atoms with E-state index >= 15 is 0 Å². The Morgan fingerprint density at radius 1 is 0.727 bits per heavy atom. The van der Waals surface area contributed by atoms with E-state index in [1.807, 2.05) is 30.3 Å². The Morgan fingerprint density at radius 2 is 1.36 bits per heavy atom. The number of hydrogen-bond donors (Lipinski definition) is 2. The number of fused-ring (bicyclic) bond motifs is 1. The maximum atomic E-state index is 10.2. The van der Waals surface area contributed by atoms with Crippen LogP contribution in [0.25, 0.3) is 10.8 Å². The zero-order valence-electron chi connectivity index (χ0n) is 11.9. The summed E-state index contributed by atoms with van der Waals surface area (Å²) < 4.78 is 11.0. The molecule has 2 N–H and O–H groups in total. The van der Waals surface area contributed by atoms with Gasteiger partial charge in [-0.05, 0) is 12.1 Å². The minimum absolute atomic E-state index is 0.0214. The van der Waals surface area contributed by atoms with Gasteiger partial charge < -0.3 is 19.7 Å². The molecule has 0 saturated heterocycles. The summed E-state index contributed by atoms with van der Waals surface area (Å²) in [5.74, 6) is 1.10. The van der Waals surface area contributed by atoms with Crippen LogP contribution < -0.4 is 9.47 Å². The molecule has 3 aromatic carbocycles. The van der Waals surface area contributed by atoms with Crippen molar-refractivity contribution in [1.82, 2.24) is 0 Å². The molecule has 0 saturated carbocycles. The molecular weight excluding hydrogens is 280 g/mol. The number of ether oxygens (including phenoxy) is 2. The molecule has 4 heteroatoms. The number of benzene rings is 3. The number of para-hydroxylation sites is 1. The van der Waals surface area contributed by atoms with Crippen molar-refractivity contribution in [3.8, 4) is 23.0 Å². The summed E-state index contributed by atoms with van der Waals surface area (Å²) in [5, 5.41) is 21.3. The van der Waals surface area contributed by atoms with E-state index in [1.165, 1.54) is 6.07 Å². The molecule has 0 aliphatic carbocycles. The Kier molecular flexibility index (Phi) is 4.01. The van der Waals surface area contributed by atoms with Crippen molar-refractivity contribution in [1.29, 1.82) is 0 Å². The summed E-state index contributed by atoms with van der Waals surface area (Å²) in [6.45, 7) is 0.608. The Balaban J connectivity index is 1.68. The van der Waals surface area contributed by atoms with E-state index in [0.29, 0.717) is 17.4 Å². The third-order valence-electron chi connectivity index (χ3n) is 3.31. The zero-order chi connectivity index (χ0) is 15.4. The molecule has 0 fully saturated rings. The van der Waals surface area contributed by atoms with E-state index in [-0.39, 0.29) is 23.9 Å². The minimum atomic E-state index is 0.0214. The summed E-state index contributed by atoms with van der Waals surface area (Å²) in [6, 6.07) is 17.9. The Hall–Kier alpha value is -2.88. The average molecular weight is 296 g/mol. The van der Waals surface area contributed by atoms with E-state index in [4.69, 9.17) is 9.47 Å². The van der Waals surface area contributed by atoms with Gasteiger partial charge in [-0.2, -0.15) is 0 Å². The number of hydrogen-bond acceptors (Lipinski definition) is 4. The van der Waals surface area contributed by atoms with E-state index in [9.17, 15) is 10.2 Å². The SMILES string of the molecule is Oc1cc(OCCOc2ccccc2)c(O)c2ccccc12. The summed E-state index contributed by atoms with van der Waals surface area (Å²) in [6.07, 6.45) is 0. The monoisotopic (exact) mass is 296 g/mol. The van der Waals surface area contributed by atoms with Gasteiger partial charge in [-0.1, -0.05) is 42.5 Å². The van der Waals surface area contributed by atoms with Crippen molar-refractivity contribution in [2.45, 2.75) is 0 Å². The van der Waals surface area contributed by atoms with E-state index in [0.717, 1.165) is 5.75 Å². The molecule has 0 amide bonds. The van der Waals surface area contributed by atoms with E-state index in [2.05, 4.69) is 0 Å².